The minimum Gasteiger partial charge on any atom is -0.397 e. The van der Waals surface area contributed by atoms with E-state index in [1.807, 2.05) is 12.1 Å². The Morgan fingerprint density at radius 3 is 2.81 bits per heavy atom. The third kappa shape index (κ3) is 1.77. The summed E-state index contributed by atoms with van der Waals surface area (Å²) in [6, 6.07) is 6.02. The van der Waals surface area contributed by atoms with E-state index in [0.29, 0.717) is 0 Å². The predicted octanol–water partition coefficient (Wildman–Crippen LogP) is 2.98. The van der Waals surface area contributed by atoms with Crippen LogP contribution in [0.1, 0.15) is 32.5 Å². The maximum Gasteiger partial charge on any atom is 0.112 e. The highest BCUT2D eigenvalue weighted by atomic mass is 15.1. The zero-order valence-electron chi connectivity index (χ0n) is 10.0. The Balaban J connectivity index is 2.54. The van der Waals surface area contributed by atoms with E-state index in [0.717, 1.165) is 30.0 Å². The lowest BCUT2D eigenvalue weighted by atomic mass is 10.2. The Kier molecular flexibility index (Phi) is 3.13. The molecule has 2 rings (SSSR count). The van der Waals surface area contributed by atoms with Crippen molar-refractivity contribution in [3.05, 3.63) is 24.0 Å². The summed E-state index contributed by atoms with van der Waals surface area (Å²) < 4.78 is 2.30. The molecule has 86 valence electrons. The van der Waals surface area contributed by atoms with Crippen molar-refractivity contribution in [1.82, 2.24) is 9.55 Å². The minimum atomic E-state index is 0.780. The summed E-state index contributed by atoms with van der Waals surface area (Å²) >= 11 is 0. The van der Waals surface area contributed by atoms with Gasteiger partial charge in [-0.05, 0) is 18.6 Å². The summed E-state index contributed by atoms with van der Waals surface area (Å²) in [5.74, 6) is 1.14. The monoisotopic (exact) mass is 217 g/mol. The first-order valence-electron chi connectivity index (χ1n) is 6.01. The Bertz CT molecular complexity index is 485. The van der Waals surface area contributed by atoms with Crippen LogP contribution in [-0.4, -0.2) is 9.55 Å². The van der Waals surface area contributed by atoms with E-state index >= 15 is 0 Å². The fraction of sp³-hybridized carbons (Fsp3) is 0.462. The van der Waals surface area contributed by atoms with Crippen molar-refractivity contribution in [2.45, 2.75) is 39.7 Å². The van der Waals surface area contributed by atoms with E-state index in [9.17, 15) is 0 Å². The van der Waals surface area contributed by atoms with E-state index in [2.05, 4.69) is 29.5 Å². The molecule has 0 amide bonds. The molecule has 0 atom stereocenters. The van der Waals surface area contributed by atoms with Crippen LogP contribution >= 0.6 is 0 Å². The fourth-order valence-corrected chi connectivity index (χ4v) is 2.05. The van der Waals surface area contributed by atoms with Crippen LogP contribution in [0.4, 0.5) is 5.69 Å². The van der Waals surface area contributed by atoms with Crippen molar-refractivity contribution in [3.8, 4) is 0 Å². The lowest BCUT2D eigenvalue weighted by Gasteiger charge is -2.06. The first-order chi connectivity index (χ1) is 7.77. The summed E-state index contributed by atoms with van der Waals surface area (Å²) in [6.45, 7) is 5.39. The molecule has 3 heteroatoms. The molecule has 0 saturated heterocycles. The number of nitrogens with zero attached hydrogens (tertiary/aromatic N) is 2. The average Bonchev–Trinajstić information content (AvgIpc) is 2.66. The van der Waals surface area contributed by atoms with Gasteiger partial charge in [0.2, 0.25) is 0 Å². The Hall–Kier alpha value is -1.51. The fourth-order valence-electron chi connectivity index (χ4n) is 2.05. The number of rotatable bonds is 4. The molecule has 0 aliphatic carbocycles. The Morgan fingerprint density at radius 2 is 2.12 bits per heavy atom. The topological polar surface area (TPSA) is 43.8 Å². The average molecular weight is 217 g/mol. The molecule has 0 fully saturated rings. The van der Waals surface area contributed by atoms with E-state index in [1.165, 1.54) is 18.4 Å². The number of hydrogen-bond acceptors (Lipinski definition) is 2. The lowest BCUT2D eigenvalue weighted by Crippen LogP contribution is -2.02. The third-order valence-corrected chi connectivity index (χ3v) is 2.94. The van der Waals surface area contributed by atoms with Crippen LogP contribution in [0.3, 0.4) is 0 Å². The van der Waals surface area contributed by atoms with Crippen molar-refractivity contribution in [2.24, 2.45) is 0 Å². The van der Waals surface area contributed by atoms with Crippen LogP contribution in [0.5, 0.6) is 0 Å². The van der Waals surface area contributed by atoms with E-state index in [-0.39, 0.29) is 0 Å². The van der Waals surface area contributed by atoms with Crippen molar-refractivity contribution in [3.63, 3.8) is 0 Å². The molecule has 0 radical (unpaired) electrons. The number of nitrogens with two attached hydrogens (primary N) is 1. The minimum absolute atomic E-state index is 0.780. The van der Waals surface area contributed by atoms with Gasteiger partial charge in [0.1, 0.15) is 11.3 Å². The summed E-state index contributed by atoms with van der Waals surface area (Å²) in [4.78, 5) is 4.62. The van der Waals surface area contributed by atoms with Crippen LogP contribution in [0, 0.1) is 0 Å². The number of hydrogen-bond donors (Lipinski definition) is 1. The second kappa shape index (κ2) is 4.56. The van der Waals surface area contributed by atoms with Crippen LogP contribution < -0.4 is 5.73 Å². The van der Waals surface area contributed by atoms with Gasteiger partial charge in [-0.3, -0.25) is 0 Å². The molecule has 2 aromatic rings. The van der Waals surface area contributed by atoms with Gasteiger partial charge in [0.05, 0.1) is 11.2 Å². The molecule has 0 unspecified atom stereocenters. The number of anilines is 1. The summed E-state index contributed by atoms with van der Waals surface area (Å²) in [5.41, 5.74) is 8.85. The number of nitrogen functional groups attached to an aromatic ring is 1. The van der Waals surface area contributed by atoms with Gasteiger partial charge < -0.3 is 10.3 Å². The van der Waals surface area contributed by atoms with Crippen LogP contribution in [0.15, 0.2) is 18.2 Å². The smallest absolute Gasteiger partial charge is 0.112 e. The van der Waals surface area contributed by atoms with Gasteiger partial charge in [-0.2, -0.15) is 0 Å². The van der Waals surface area contributed by atoms with E-state index < -0.39 is 0 Å². The van der Waals surface area contributed by atoms with Crippen molar-refractivity contribution in [2.75, 3.05) is 5.73 Å². The molecule has 3 nitrogen and oxygen atoms in total. The third-order valence-electron chi connectivity index (χ3n) is 2.94. The van der Waals surface area contributed by atoms with Gasteiger partial charge in [0.25, 0.3) is 0 Å². The van der Waals surface area contributed by atoms with Gasteiger partial charge in [-0.25, -0.2) is 4.98 Å². The molecule has 0 bridgehead atoms. The van der Waals surface area contributed by atoms with Gasteiger partial charge in [0.15, 0.2) is 0 Å². The van der Waals surface area contributed by atoms with Crippen LogP contribution in [0.2, 0.25) is 0 Å². The normalized spacial score (nSPS) is 11.1. The zero-order valence-corrected chi connectivity index (χ0v) is 10.0. The highest BCUT2D eigenvalue weighted by Crippen LogP contribution is 2.22. The van der Waals surface area contributed by atoms with Gasteiger partial charge in [0, 0.05) is 13.0 Å². The molecule has 1 heterocycles. The summed E-state index contributed by atoms with van der Waals surface area (Å²) in [5, 5.41) is 0. The number of benzene rings is 1. The highest BCUT2D eigenvalue weighted by Gasteiger charge is 2.10. The number of imidazole rings is 1. The van der Waals surface area contributed by atoms with Crippen molar-refractivity contribution >= 4 is 16.7 Å². The number of fused-ring (bicyclic) bond motifs is 1. The second-order valence-electron chi connectivity index (χ2n) is 4.10. The van der Waals surface area contributed by atoms with Crippen molar-refractivity contribution < 1.29 is 0 Å². The predicted molar refractivity (Wildman–Crippen MR) is 68.4 cm³/mol. The molecule has 0 spiro atoms. The number of unbranched alkanes of at least 4 members (excludes halogenated alkanes) is 1. The SMILES string of the molecule is CCCCn1c(CC)nc2c(N)cccc21. The number of aromatic nitrogens is 2. The standard InChI is InChI=1S/C13H19N3/c1-3-5-9-16-11-8-6-7-10(14)13(11)15-12(16)4-2/h6-8H,3-5,9,14H2,1-2H3. The number of para-hydroxylation sites is 1. The van der Waals surface area contributed by atoms with Crippen LogP contribution in [0.25, 0.3) is 11.0 Å². The van der Waals surface area contributed by atoms with Crippen LogP contribution in [-0.2, 0) is 13.0 Å². The largest absolute Gasteiger partial charge is 0.397 e. The molecule has 0 aliphatic rings. The lowest BCUT2D eigenvalue weighted by molar-refractivity contribution is 0.620. The molecule has 0 saturated carbocycles. The molecule has 16 heavy (non-hydrogen) atoms. The molecule has 1 aromatic carbocycles. The maximum absolute atomic E-state index is 5.95. The van der Waals surface area contributed by atoms with Crippen molar-refractivity contribution in [1.29, 1.82) is 0 Å². The summed E-state index contributed by atoms with van der Waals surface area (Å²) in [6.07, 6.45) is 3.34. The molecular weight excluding hydrogens is 198 g/mol. The quantitative estimate of drug-likeness (QED) is 0.800. The molecular formula is C13H19N3. The highest BCUT2D eigenvalue weighted by molar-refractivity contribution is 5.87. The van der Waals surface area contributed by atoms with E-state index in [4.69, 9.17) is 5.73 Å². The van der Waals surface area contributed by atoms with Gasteiger partial charge >= 0.3 is 0 Å². The van der Waals surface area contributed by atoms with Gasteiger partial charge in [-0.15, -0.1) is 0 Å². The van der Waals surface area contributed by atoms with Gasteiger partial charge in [-0.1, -0.05) is 26.3 Å². The maximum atomic E-state index is 5.95. The second-order valence-corrected chi connectivity index (χ2v) is 4.10. The van der Waals surface area contributed by atoms with E-state index in [1.54, 1.807) is 0 Å². The molecule has 2 N–H and O–H groups in total. The number of aryl methyl sites for hydroxylation is 2. The molecule has 1 aromatic heterocycles. The molecule has 0 aliphatic heterocycles. The zero-order chi connectivity index (χ0) is 11.5. The Labute approximate surface area is 96.3 Å². The Morgan fingerprint density at radius 1 is 1.31 bits per heavy atom. The summed E-state index contributed by atoms with van der Waals surface area (Å²) in [7, 11) is 0. The first kappa shape index (κ1) is 11.0. The first-order valence-corrected chi connectivity index (χ1v) is 6.01.